The van der Waals surface area contributed by atoms with Crippen LogP contribution in [-0.4, -0.2) is 0 Å². The molecule has 0 spiro atoms. The predicted octanol–water partition coefficient (Wildman–Crippen LogP) is 3.23. The molecule has 1 nitrogen and oxygen atoms in total. The Labute approximate surface area is 74.3 Å². The van der Waals surface area contributed by atoms with Crippen LogP contribution in [0.25, 0.3) is 6.08 Å². The van der Waals surface area contributed by atoms with Gasteiger partial charge in [-0.25, -0.2) is 0 Å². The molecule has 0 bridgehead atoms. The Morgan fingerprint density at radius 2 is 1.50 bits per heavy atom. The molecule has 12 heavy (non-hydrogen) atoms. The number of benzene rings is 1. The summed E-state index contributed by atoms with van der Waals surface area (Å²) < 4.78 is 0. The van der Waals surface area contributed by atoms with Gasteiger partial charge in [-0.15, -0.1) is 13.2 Å². The van der Waals surface area contributed by atoms with Gasteiger partial charge in [-0.3, -0.25) is 0 Å². The highest BCUT2D eigenvalue weighted by molar-refractivity contribution is 5.45. The van der Waals surface area contributed by atoms with E-state index in [2.05, 4.69) is 19.7 Å². The molecule has 0 atom stereocenters. The van der Waals surface area contributed by atoms with Gasteiger partial charge in [0.25, 0.3) is 0 Å². The minimum atomic E-state index is 1.17. The lowest BCUT2D eigenvalue weighted by atomic mass is 10.2. The molecule has 0 radical (unpaired) electrons. The first-order chi connectivity index (χ1) is 5.93. The monoisotopic (exact) mass is 158 g/mol. The molecule has 0 saturated carbocycles. The summed E-state index contributed by atoms with van der Waals surface area (Å²) >= 11 is 0. The van der Waals surface area contributed by atoms with E-state index in [-0.39, 0.29) is 0 Å². The number of hydrogen-bond acceptors (Lipinski definition) is 1. The molecule has 1 rings (SSSR count). The Bertz CT molecular complexity index is 211. The van der Waals surface area contributed by atoms with E-state index in [4.69, 9.17) is 11.8 Å². The molecule has 0 aliphatic carbocycles. The second-order valence-corrected chi connectivity index (χ2v) is 1.61. The van der Waals surface area contributed by atoms with Crippen LogP contribution >= 0.6 is 0 Å². The third-order valence-electron chi connectivity index (χ3n) is 1.04. The molecule has 0 saturated heterocycles. The van der Waals surface area contributed by atoms with Gasteiger partial charge in [-0.1, -0.05) is 43.0 Å². The van der Waals surface area contributed by atoms with E-state index in [1.807, 2.05) is 36.4 Å². The second-order valence-electron chi connectivity index (χ2n) is 1.61. The van der Waals surface area contributed by atoms with Crippen molar-refractivity contribution in [3.63, 3.8) is 0 Å². The molecule has 0 aromatic heterocycles. The molecule has 1 heteroatoms. The van der Waals surface area contributed by atoms with E-state index in [1.54, 1.807) is 0 Å². The summed E-state index contributed by atoms with van der Waals surface area (Å²) in [5.41, 5.74) is 1.17. The fourth-order valence-electron chi connectivity index (χ4n) is 0.589. The Balaban J connectivity index is 0. The molecule has 0 N–H and O–H groups in total. The predicted molar refractivity (Wildman–Crippen MR) is 52.8 cm³/mol. The van der Waals surface area contributed by atoms with Gasteiger partial charge in [0, 0.05) is 0 Å². The van der Waals surface area contributed by atoms with Crippen molar-refractivity contribution < 1.29 is 0 Å². The van der Waals surface area contributed by atoms with Gasteiger partial charge in [-0.05, 0) is 5.56 Å². The third kappa shape index (κ3) is 6.31. The van der Waals surface area contributed by atoms with Crippen molar-refractivity contribution in [2.45, 2.75) is 0 Å². The summed E-state index contributed by atoms with van der Waals surface area (Å²) in [7, 11) is 0. The standard InChI is InChI=1S/C8H8.C2H4.CN/c1-2-8-6-4-3-5-7-8;2*1-2/h2-7H,1H2;1-2H2;/q;;-1. The normalized spacial score (nSPS) is 6.17. The van der Waals surface area contributed by atoms with Crippen molar-refractivity contribution in [1.29, 1.82) is 5.26 Å². The summed E-state index contributed by atoms with van der Waals surface area (Å²) in [4.78, 5) is 0. The van der Waals surface area contributed by atoms with Crippen LogP contribution in [0, 0.1) is 11.8 Å². The summed E-state index contributed by atoms with van der Waals surface area (Å²) in [6.45, 7) is 14.4. The van der Waals surface area contributed by atoms with Crippen molar-refractivity contribution in [2.75, 3.05) is 0 Å². The average molecular weight is 158 g/mol. The van der Waals surface area contributed by atoms with Crippen molar-refractivity contribution in [3.05, 3.63) is 62.2 Å². The fraction of sp³-hybridized carbons (Fsp3) is 0. The van der Waals surface area contributed by atoms with Gasteiger partial charge < -0.3 is 11.8 Å². The lowest BCUT2D eigenvalue weighted by molar-refractivity contribution is 1.53. The Hall–Kier alpha value is -1.81. The van der Waals surface area contributed by atoms with Crippen molar-refractivity contribution >= 4 is 6.08 Å². The van der Waals surface area contributed by atoms with Crippen molar-refractivity contribution in [3.8, 4) is 0 Å². The van der Waals surface area contributed by atoms with Crippen LogP contribution in [-0.2, 0) is 0 Å². The zero-order valence-corrected chi connectivity index (χ0v) is 7.03. The zero-order chi connectivity index (χ0) is 9.82. The molecular formula is C11H12N-. The third-order valence-corrected chi connectivity index (χ3v) is 1.04. The molecule has 0 aliphatic heterocycles. The topological polar surface area (TPSA) is 23.8 Å². The number of rotatable bonds is 1. The molecule has 1 aromatic carbocycles. The molecule has 0 amide bonds. The van der Waals surface area contributed by atoms with Crippen molar-refractivity contribution in [2.24, 2.45) is 0 Å². The van der Waals surface area contributed by atoms with E-state index in [0.29, 0.717) is 0 Å². The van der Waals surface area contributed by atoms with E-state index >= 15 is 0 Å². The highest BCUT2D eigenvalue weighted by Crippen LogP contribution is 1.97. The molecule has 0 fully saturated rings. The molecule has 0 heterocycles. The van der Waals surface area contributed by atoms with Gasteiger partial charge in [0.2, 0.25) is 0 Å². The fourth-order valence-corrected chi connectivity index (χ4v) is 0.589. The van der Waals surface area contributed by atoms with Crippen LogP contribution in [0.4, 0.5) is 0 Å². The number of hydrogen-bond donors (Lipinski definition) is 0. The largest absolute Gasteiger partial charge is 0.512 e. The molecule has 62 valence electrons. The van der Waals surface area contributed by atoms with Gasteiger partial charge in [0.05, 0.1) is 0 Å². The molecule has 0 unspecified atom stereocenters. The van der Waals surface area contributed by atoms with E-state index < -0.39 is 0 Å². The minimum Gasteiger partial charge on any atom is -0.512 e. The Morgan fingerprint density at radius 3 is 1.75 bits per heavy atom. The highest BCUT2D eigenvalue weighted by Gasteiger charge is 1.75. The minimum absolute atomic E-state index is 1.17. The molecule has 0 aliphatic rings. The van der Waals surface area contributed by atoms with Crippen molar-refractivity contribution in [1.82, 2.24) is 0 Å². The first-order valence-electron chi connectivity index (χ1n) is 3.33. The highest BCUT2D eigenvalue weighted by atomic mass is 14.2. The van der Waals surface area contributed by atoms with Crippen LogP contribution < -0.4 is 0 Å². The second kappa shape index (κ2) is 11.9. The maximum atomic E-state index is 6.25. The van der Waals surface area contributed by atoms with Gasteiger partial charge in [0.15, 0.2) is 0 Å². The molecular weight excluding hydrogens is 146 g/mol. The van der Waals surface area contributed by atoms with Crippen LogP contribution in [0.3, 0.4) is 0 Å². The first kappa shape index (κ1) is 12.8. The smallest absolute Gasteiger partial charge is 0.0263 e. The maximum Gasteiger partial charge on any atom is -0.0263 e. The van der Waals surface area contributed by atoms with E-state index in [9.17, 15) is 0 Å². The van der Waals surface area contributed by atoms with Gasteiger partial charge in [-0.2, -0.15) is 0 Å². The van der Waals surface area contributed by atoms with Crippen LogP contribution in [0.2, 0.25) is 0 Å². The quantitative estimate of drug-likeness (QED) is 0.454. The van der Waals surface area contributed by atoms with E-state index in [0.717, 1.165) is 0 Å². The van der Waals surface area contributed by atoms with Crippen LogP contribution in [0.1, 0.15) is 5.56 Å². The van der Waals surface area contributed by atoms with E-state index in [1.165, 1.54) is 5.56 Å². The summed E-state index contributed by atoms with van der Waals surface area (Å²) in [5, 5.41) is 6.25. The average Bonchev–Trinajstić information content (AvgIpc) is 2.25. The van der Waals surface area contributed by atoms with Crippen LogP contribution in [0.15, 0.2) is 50.1 Å². The Morgan fingerprint density at radius 1 is 1.08 bits per heavy atom. The molecule has 1 aromatic rings. The lowest BCUT2D eigenvalue weighted by Crippen LogP contribution is -1.63. The zero-order valence-electron chi connectivity index (χ0n) is 7.03. The SMILES string of the molecule is C=C.C=Cc1ccccc1.[C-]#N. The number of nitrogens with zero attached hydrogens (tertiary/aromatic N) is 1. The Kier molecular flexibility index (Phi) is 12.7. The summed E-state index contributed by atoms with van der Waals surface area (Å²) in [5.74, 6) is 0. The maximum absolute atomic E-state index is 6.25. The van der Waals surface area contributed by atoms with Gasteiger partial charge >= 0.3 is 0 Å². The lowest BCUT2D eigenvalue weighted by Gasteiger charge is -1.85. The van der Waals surface area contributed by atoms with Gasteiger partial charge in [0.1, 0.15) is 0 Å². The summed E-state index contributed by atoms with van der Waals surface area (Å²) in [6, 6.07) is 10.0. The first-order valence-corrected chi connectivity index (χ1v) is 3.33. The van der Waals surface area contributed by atoms with Crippen LogP contribution in [0.5, 0.6) is 0 Å². The summed E-state index contributed by atoms with van der Waals surface area (Å²) in [6.07, 6.45) is 1.83.